The van der Waals surface area contributed by atoms with Gasteiger partial charge in [-0.25, -0.2) is 4.68 Å². The van der Waals surface area contributed by atoms with Crippen molar-refractivity contribution >= 4 is 57.5 Å². The first-order valence-corrected chi connectivity index (χ1v) is 14.6. The Bertz CT molecular complexity index is 1570. The third-order valence-corrected chi connectivity index (χ3v) is 8.41. The average molecular weight is 617 g/mol. The first-order chi connectivity index (χ1) is 19.5. The van der Waals surface area contributed by atoms with Crippen molar-refractivity contribution in [2.75, 3.05) is 13.1 Å². The van der Waals surface area contributed by atoms with Gasteiger partial charge in [0.2, 0.25) is 11.8 Å². The third-order valence-electron chi connectivity index (χ3n) is 7.62. The van der Waals surface area contributed by atoms with Crippen molar-refractivity contribution in [2.45, 2.75) is 58.8 Å². The molecule has 1 unspecified atom stereocenters. The topological polar surface area (TPSA) is 99.2 Å². The van der Waals surface area contributed by atoms with E-state index in [0.717, 1.165) is 27.7 Å². The Hall–Kier alpha value is -3.11. The molecule has 41 heavy (non-hydrogen) atoms. The normalized spacial score (nSPS) is 18.6. The van der Waals surface area contributed by atoms with Crippen LogP contribution in [-0.2, 0) is 22.6 Å². The lowest BCUT2D eigenvalue weighted by molar-refractivity contribution is -0.140. The summed E-state index contributed by atoms with van der Waals surface area (Å²) in [4.78, 5) is 33.4. The molecule has 3 heterocycles. The minimum atomic E-state index is -0.660. The number of amides is 2. The van der Waals surface area contributed by atoms with Crippen LogP contribution in [0.2, 0.25) is 15.1 Å². The van der Waals surface area contributed by atoms with Gasteiger partial charge < -0.3 is 15.2 Å². The van der Waals surface area contributed by atoms with Gasteiger partial charge in [-0.1, -0.05) is 58.2 Å². The summed E-state index contributed by atoms with van der Waals surface area (Å²) in [6, 6.07) is 8.74. The Morgan fingerprint density at radius 2 is 1.80 bits per heavy atom. The summed E-state index contributed by atoms with van der Waals surface area (Å²) in [7, 11) is 0. The molecule has 5 rings (SSSR count). The predicted molar refractivity (Wildman–Crippen MR) is 162 cm³/mol. The van der Waals surface area contributed by atoms with Crippen LogP contribution >= 0.6 is 34.8 Å². The Labute approximate surface area is 253 Å². The summed E-state index contributed by atoms with van der Waals surface area (Å²) in [5.74, 6) is -0.318. The van der Waals surface area contributed by atoms with Crippen LogP contribution < -0.4 is 5.32 Å². The highest BCUT2D eigenvalue weighted by Crippen LogP contribution is 2.32. The van der Waals surface area contributed by atoms with E-state index in [9.17, 15) is 9.59 Å². The molecule has 4 aromatic rings. The number of nitrogens with one attached hydrogen (secondary N) is 2. The van der Waals surface area contributed by atoms with Gasteiger partial charge in [0.1, 0.15) is 11.7 Å². The number of hydrogen-bond acceptors (Lipinski definition) is 5. The molecule has 216 valence electrons. The summed E-state index contributed by atoms with van der Waals surface area (Å²) in [5, 5.41) is 13.7. The lowest BCUT2D eigenvalue weighted by Gasteiger charge is -2.45. The summed E-state index contributed by atoms with van der Waals surface area (Å²) >= 11 is 18.8. The molecule has 0 saturated carbocycles. The molecule has 0 bridgehead atoms. The van der Waals surface area contributed by atoms with Crippen molar-refractivity contribution in [1.82, 2.24) is 35.1 Å². The van der Waals surface area contributed by atoms with Gasteiger partial charge in [-0.2, -0.15) is 0 Å². The Balaban J connectivity index is 1.29. The van der Waals surface area contributed by atoms with Crippen LogP contribution in [0, 0.1) is 6.92 Å². The molecule has 1 aliphatic heterocycles. The van der Waals surface area contributed by atoms with E-state index in [4.69, 9.17) is 34.8 Å². The van der Waals surface area contributed by atoms with E-state index < -0.39 is 6.04 Å². The lowest BCUT2D eigenvalue weighted by atomic mass is 10.0. The monoisotopic (exact) mass is 615 g/mol. The van der Waals surface area contributed by atoms with Crippen molar-refractivity contribution in [1.29, 1.82) is 0 Å². The van der Waals surface area contributed by atoms with Crippen LogP contribution in [0.5, 0.6) is 0 Å². The van der Waals surface area contributed by atoms with Crippen LogP contribution in [0.3, 0.4) is 0 Å². The molecule has 0 radical (unpaired) electrons. The van der Waals surface area contributed by atoms with Gasteiger partial charge in [0, 0.05) is 67.2 Å². The molecule has 0 spiro atoms. The first-order valence-electron chi connectivity index (χ1n) is 13.4. The molecule has 2 N–H and O–H groups in total. The zero-order valence-electron chi connectivity index (χ0n) is 23.3. The average Bonchev–Trinajstić information content (AvgIpc) is 3.52. The van der Waals surface area contributed by atoms with Gasteiger partial charge >= 0.3 is 0 Å². The fraction of sp³-hybridized carbons (Fsp3) is 0.379. The van der Waals surface area contributed by atoms with E-state index >= 15 is 0 Å². The minimum absolute atomic E-state index is 0.0456. The van der Waals surface area contributed by atoms with Crippen molar-refractivity contribution in [3.8, 4) is 5.69 Å². The second-order valence-corrected chi connectivity index (χ2v) is 12.0. The first kappa shape index (κ1) is 29.4. The van der Waals surface area contributed by atoms with Gasteiger partial charge in [0.15, 0.2) is 0 Å². The zero-order chi connectivity index (χ0) is 29.4. The number of H-pyrrole nitrogens is 1. The highest BCUT2D eigenvalue weighted by molar-refractivity contribution is 6.40. The molecule has 1 saturated heterocycles. The van der Waals surface area contributed by atoms with E-state index in [-0.39, 0.29) is 23.9 Å². The molecule has 2 aromatic heterocycles. The van der Waals surface area contributed by atoms with Crippen molar-refractivity contribution in [2.24, 2.45) is 0 Å². The highest BCUT2D eigenvalue weighted by Gasteiger charge is 2.35. The largest absolute Gasteiger partial charge is 0.361 e. The summed E-state index contributed by atoms with van der Waals surface area (Å²) < 4.78 is 1.55. The number of hydrogen-bond donors (Lipinski definition) is 2. The molecule has 1 aliphatic rings. The van der Waals surface area contributed by atoms with Crippen LogP contribution in [0.4, 0.5) is 0 Å². The van der Waals surface area contributed by atoms with Crippen LogP contribution in [0.1, 0.15) is 37.6 Å². The van der Waals surface area contributed by atoms with E-state index in [1.807, 2.05) is 36.2 Å². The summed E-state index contributed by atoms with van der Waals surface area (Å²) in [5.41, 5.74) is 4.44. The van der Waals surface area contributed by atoms with Crippen molar-refractivity contribution in [3.63, 3.8) is 0 Å². The fourth-order valence-electron chi connectivity index (χ4n) is 5.69. The Morgan fingerprint density at radius 1 is 1.12 bits per heavy atom. The molecule has 1 fully saturated rings. The maximum Gasteiger partial charge on any atom is 0.245 e. The molecular formula is C29H32Cl3N7O2. The number of para-hydroxylation sites is 1. The van der Waals surface area contributed by atoms with E-state index in [2.05, 4.69) is 39.4 Å². The Kier molecular flexibility index (Phi) is 8.61. The number of carbonyl (C=O) groups excluding carboxylic acids is 2. The number of aromatic amines is 1. The van der Waals surface area contributed by atoms with Gasteiger partial charge in [-0.05, 0) is 44.0 Å². The number of rotatable bonds is 7. The zero-order valence-corrected chi connectivity index (χ0v) is 25.6. The number of carbonyl (C=O) groups is 2. The van der Waals surface area contributed by atoms with Gasteiger partial charge in [0.25, 0.3) is 0 Å². The molecule has 0 aliphatic carbocycles. The predicted octanol–water partition coefficient (Wildman–Crippen LogP) is 5.19. The SMILES string of the molecule is CC(=O)NC(Cc1c[nH]c2c(C)cccc12)C(=O)N1C[C@@H](C)N(Cc2cn(-c3c(Cl)cc(Cl)cc3Cl)nn2)[C@@H](C)C1. The summed E-state index contributed by atoms with van der Waals surface area (Å²) in [6.45, 7) is 9.25. The third kappa shape index (κ3) is 6.23. The van der Waals surface area contributed by atoms with E-state index in [1.54, 1.807) is 23.0 Å². The smallest absolute Gasteiger partial charge is 0.245 e. The van der Waals surface area contributed by atoms with Crippen LogP contribution in [-0.4, -0.2) is 72.8 Å². The summed E-state index contributed by atoms with van der Waals surface area (Å²) in [6.07, 6.45) is 4.14. The number of aromatic nitrogens is 4. The number of piperazine rings is 1. The van der Waals surface area contributed by atoms with Gasteiger partial charge in [0.05, 0.1) is 21.9 Å². The highest BCUT2D eigenvalue weighted by atomic mass is 35.5. The molecule has 9 nitrogen and oxygen atoms in total. The molecule has 2 amide bonds. The maximum absolute atomic E-state index is 13.8. The quantitative estimate of drug-likeness (QED) is 0.298. The Morgan fingerprint density at radius 3 is 2.46 bits per heavy atom. The van der Waals surface area contributed by atoms with Gasteiger partial charge in [-0.15, -0.1) is 5.10 Å². The minimum Gasteiger partial charge on any atom is -0.361 e. The van der Waals surface area contributed by atoms with Crippen LogP contribution in [0.25, 0.3) is 16.6 Å². The lowest BCUT2D eigenvalue weighted by Crippen LogP contribution is -2.61. The van der Waals surface area contributed by atoms with Crippen molar-refractivity contribution < 1.29 is 9.59 Å². The number of aryl methyl sites for hydroxylation is 1. The second-order valence-electron chi connectivity index (χ2n) is 10.8. The fourth-order valence-corrected chi connectivity index (χ4v) is 6.68. The number of nitrogens with zero attached hydrogens (tertiary/aromatic N) is 5. The standard InChI is InChI=1S/C29H32Cl3N7O2/c1-16-6-5-7-23-20(11-33-27(16)23)8-26(34-19(4)40)29(41)37-12-17(2)38(18(3)13-37)14-22-15-39(36-35-22)28-24(31)9-21(30)10-25(28)32/h5-7,9-11,15,17-18,26,33H,8,12-14H2,1-4H3,(H,34,40)/t17-,18+,26?. The second kappa shape index (κ2) is 12.0. The van der Waals surface area contributed by atoms with Crippen LogP contribution in [0.15, 0.2) is 42.7 Å². The maximum atomic E-state index is 13.8. The molecule has 3 atom stereocenters. The number of fused-ring (bicyclic) bond motifs is 1. The van der Waals surface area contributed by atoms with E-state index in [1.165, 1.54) is 6.92 Å². The molecule has 2 aromatic carbocycles. The molecular weight excluding hydrogens is 585 g/mol. The molecule has 12 heteroatoms. The number of halogens is 3. The van der Waals surface area contributed by atoms with Gasteiger partial charge in [-0.3, -0.25) is 14.5 Å². The number of benzene rings is 2. The van der Waals surface area contributed by atoms with Crippen molar-refractivity contribution in [3.05, 3.63) is 74.6 Å². The van der Waals surface area contributed by atoms with E-state index in [0.29, 0.717) is 46.8 Å².